The van der Waals surface area contributed by atoms with Crippen molar-refractivity contribution in [2.24, 2.45) is 11.8 Å². The van der Waals surface area contributed by atoms with Crippen LogP contribution in [0.5, 0.6) is 0 Å². The molecule has 1 aliphatic heterocycles. The lowest BCUT2D eigenvalue weighted by atomic mass is 9.81. The molecule has 2 aromatic rings. The van der Waals surface area contributed by atoms with Crippen LogP contribution >= 0.6 is 11.3 Å². The van der Waals surface area contributed by atoms with Crippen molar-refractivity contribution in [1.29, 1.82) is 0 Å². The second-order valence-corrected chi connectivity index (χ2v) is 7.71. The molecule has 6 nitrogen and oxygen atoms in total. The number of nitrogens with zero attached hydrogens (tertiary/aromatic N) is 2. The molecular weight excluding hydrogens is 369 g/mol. The Morgan fingerprint density at radius 2 is 1.78 bits per heavy atom. The number of thiazole rings is 1. The number of anilines is 1. The maximum absolute atomic E-state index is 13.0. The van der Waals surface area contributed by atoms with E-state index in [1.165, 1.54) is 23.5 Å². The lowest BCUT2D eigenvalue weighted by Crippen LogP contribution is -2.38. The van der Waals surface area contributed by atoms with Gasteiger partial charge in [0, 0.05) is 10.9 Å². The van der Waals surface area contributed by atoms with Crippen LogP contribution in [0.3, 0.4) is 0 Å². The number of halogens is 1. The first kappa shape index (κ1) is 17.8. The van der Waals surface area contributed by atoms with Gasteiger partial charge in [-0.3, -0.25) is 19.3 Å². The van der Waals surface area contributed by atoms with E-state index in [1.807, 2.05) is 0 Å². The Hall–Kier alpha value is -2.61. The molecule has 2 aliphatic rings. The van der Waals surface area contributed by atoms with Gasteiger partial charge >= 0.3 is 0 Å². The topological polar surface area (TPSA) is 79.4 Å². The number of carbonyl (C=O) groups is 3. The van der Waals surface area contributed by atoms with E-state index in [2.05, 4.69) is 10.3 Å². The average molecular weight is 387 g/mol. The second-order valence-electron chi connectivity index (χ2n) is 6.85. The molecule has 27 heavy (non-hydrogen) atoms. The zero-order chi connectivity index (χ0) is 19.0. The van der Waals surface area contributed by atoms with Gasteiger partial charge in [-0.25, -0.2) is 9.37 Å². The van der Waals surface area contributed by atoms with Gasteiger partial charge in [0.25, 0.3) is 0 Å². The molecule has 2 atom stereocenters. The van der Waals surface area contributed by atoms with Crippen molar-refractivity contribution in [1.82, 2.24) is 9.88 Å². The number of benzene rings is 1. The van der Waals surface area contributed by atoms with E-state index in [4.69, 9.17) is 0 Å². The molecule has 0 bridgehead atoms. The van der Waals surface area contributed by atoms with E-state index in [1.54, 1.807) is 17.5 Å². The summed E-state index contributed by atoms with van der Waals surface area (Å²) in [4.78, 5) is 42.6. The van der Waals surface area contributed by atoms with Gasteiger partial charge in [-0.1, -0.05) is 12.8 Å². The summed E-state index contributed by atoms with van der Waals surface area (Å²) in [6.45, 7) is -0.282. The molecule has 1 aliphatic carbocycles. The Labute approximate surface area is 159 Å². The summed E-state index contributed by atoms with van der Waals surface area (Å²) in [5, 5.41) is 4.77. The predicted octanol–water partition coefficient (Wildman–Crippen LogP) is 3.06. The minimum Gasteiger partial charge on any atom is -0.300 e. The van der Waals surface area contributed by atoms with Crippen molar-refractivity contribution in [2.45, 2.75) is 25.7 Å². The molecule has 1 aromatic heterocycles. The van der Waals surface area contributed by atoms with Crippen LogP contribution in [-0.4, -0.2) is 34.2 Å². The highest BCUT2D eigenvalue weighted by molar-refractivity contribution is 7.14. The fourth-order valence-electron chi connectivity index (χ4n) is 3.77. The summed E-state index contributed by atoms with van der Waals surface area (Å²) in [5.41, 5.74) is 1.36. The molecular formula is C19H18FN3O3S. The van der Waals surface area contributed by atoms with Crippen molar-refractivity contribution >= 4 is 34.2 Å². The van der Waals surface area contributed by atoms with Crippen LogP contribution in [0, 0.1) is 17.7 Å². The largest absolute Gasteiger partial charge is 0.300 e. The minimum atomic E-state index is -0.449. The van der Waals surface area contributed by atoms with Gasteiger partial charge in [-0.2, -0.15) is 0 Å². The van der Waals surface area contributed by atoms with Crippen molar-refractivity contribution in [3.8, 4) is 11.3 Å². The fraction of sp³-hybridized carbons (Fsp3) is 0.368. The molecule has 0 radical (unpaired) electrons. The number of hydrogen-bond donors (Lipinski definition) is 1. The fourth-order valence-corrected chi connectivity index (χ4v) is 4.51. The number of nitrogens with one attached hydrogen (secondary N) is 1. The molecule has 2 fully saturated rings. The maximum Gasteiger partial charge on any atom is 0.246 e. The number of hydrogen-bond acceptors (Lipinski definition) is 5. The minimum absolute atomic E-state index is 0.231. The van der Waals surface area contributed by atoms with Gasteiger partial charge in [0.1, 0.15) is 12.4 Å². The molecule has 2 heterocycles. The van der Waals surface area contributed by atoms with Crippen LogP contribution in [0.25, 0.3) is 11.3 Å². The summed E-state index contributed by atoms with van der Waals surface area (Å²) < 4.78 is 13.0. The van der Waals surface area contributed by atoms with Crippen LogP contribution in [0.15, 0.2) is 29.6 Å². The van der Waals surface area contributed by atoms with Crippen LogP contribution < -0.4 is 5.32 Å². The van der Waals surface area contributed by atoms with E-state index >= 15 is 0 Å². The first-order valence-corrected chi connectivity index (χ1v) is 9.77. The summed E-state index contributed by atoms with van der Waals surface area (Å²) >= 11 is 1.23. The number of carbonyl (C=O) groups excluding carboxylic acids is 3. The van der Waals surface area contributed by atoms with Gasteiger partial charge in [0.15, 0.2) is 5.13 Å². The van der Waals surface area contributed by atoms with E-state index in [-0.39, 0.29) is 36.0 Å². The summed E-state index contributed by atoms with van der Waals surface area (Å²) in [5.74, 6) is -1.76. The zero-order valence-corrected chi connectivity index (χ0v) is 15.3. The number of amides is 3. The Balaban J connectivity index is 1.40. The molecule has 3 amide bonds. The van der Waals surface area contributed by atoms with Crippen LogP contribution in [0.2, 0.25) is 0 Å². The standard InChI is InChI=1S/C19H18FN3O3S/c20-12-7-5-11(6-8-12)15-10-27-19(21-15)22-16(24)9-23-17(25)13-3-1-2-4-14(13)18(23)26/h5-8,10,13-14H,1-4,9H2,(H,21,22,24)/t13-,14-/m0/s1. The maximum atomic E-state index is 13.0. The molecule has 4 rings (SSSR count). The lowest BCUT2D eigenvalue weighted by molar-refractivity contribution is -0.142. The summed E-state index contributed by atoms with van der Waals surface area (Å²) in [6.07, 6.45) is 3.35. The zero-order valence-electron chi connectivity index (χ0n) is 14.5. The summed E-state index contributed by atoms with van der Waals surface area (Å²) in [7, 11) is 0. The van der Waals surface area contributed by atoms with Crippen molar-refractivity contribution < 1.29 is 18.8 Å². The quantitative estimate of drug-likeness (QED) is 0.818. The highest BCUT2D eigenvalue weighted by atomic mass is 32.1. The number of imide groups is 1. The molecule has 1 saturated heterocycles. The number of likely N-dealkylation sites (tertiary alicyclic amines) is 1. The molecule has 1 aromatic carbocycles. The van der Waals surface area contributed by atoms with Gasteiger partial charge in [0.2, 0.25) is 17.7 Å². The van der Waals surface area contributed by atoms with Crippen LogP contribution in [-0.2, 0) is 14.4 Å². The second kappa shape index (κ2) is 7.19. The summed E-state index contributed by atoms with van der Waals surface area (Å²) in [6, 6.07) is 5.91. The molecule has 1 N–H and O–H groups in total. The van der Waals surface area contributed by atoms with Crippen LogP contribution in [0.1, 0.15) is 25.7 Å². The number of fused-ring (bicyclic) bond motifs is 1. The van der Waals surface area contributed by atoms with E-state index in [0.29, 0.717) is 10.8 Å². The normalized spacial score (nSPS) is 22.0. The van der Waals surface area contributed by atoms with E-state index in [9.17, 15) is 18.8 Å². The first-order chi connectivity index (χ1) is 13.0. The van der Waals surface area contributed by atoms with Gasteiger partial charge in [-0.05, 0) is 37.1 Å². The SMILES string of the molecule is O=C(CN1C(=O)[C@H]2CCCC[C@@H]2C1=O)Nc1nc(-c2ccc(F)cc2)cs1. The van der Waals surface area contributed by atoms with Crippen molar-refractivity contribution in [2.75, 3.05) is 11.9 Å². The van der Waals surface area contributed by atoms with E-state index in [0.717, 1.165) is 36.1 Å². The molecule has 0 spiro atoms. The highest BCUT2D eigenvalue weighted by Crippen LogP contribution is 2.37. The van der Waals surface area contributed by atoms with Crippen molar-refractivity contribution in [3.05, 3.63) is 35.5 Å². The first-order valence-electron chi connectivity index (χ1n) is 8.89. The number of rotatable bonds is 4. The molecule has 8 heteroatoms. The smallest absolute Gasteiger partial charge is 0.246 e. The average Bonchev–Trinajstić information content (AvgIpc) is 3.22. The van der Waals surface area contributed by atoms with Gasteiger partial charge < -0.3 is 5.32 Å². The lowest BCUT2D eigenvalue weighted by Gasteiger charge is -2.19. The Morgan fingerprint density at radius 1 is 1.15 bits per heavy atom. The third kappa shape index (κ3) is 3.49. The monoisotopic (exact) mass is 387 g/mol. The highest BCUT2D eigenvalue weighted by Gasteiger charge is 2.48. The number of aromatic nitrogens is 1. The van der Waals surface area contributed by atoms with E-state index < -0.39 is 5.91 Å². The molecule has 140 valence electrons. The molecule has 0 unspecified atom stereocenters. The third-order valence-electron chi connectivity index (χ3n) is 5.12. The Kier molecular flexibility index (Phi) is 4.73. The predicted molar refractivity (Wildman–Crippen MR) is 98.3 cm³/mol. The third-order valence-corrected chi connectivity index (χ3v) is 5.88. The van der Waals surface area contributed by atoms with Gasteiger partial charge in [-0.15, -0.1) is 11.3 Å². The van der Waals surface area contributed by atoms with Crippen molar-refractivity contribution in [3.63, 3.8) is 0 Å². The Morgan fingerprint density at radius 3 is 2.41 bits per heavy atom. The Bertz CT molecular complexity index is 872. The molecule has 1 saturated carbocycles. The van der Waals surface area contributed by atoms with Gasteiger partial charge in [0.05, 0.1) is 17.5 Å². The van der Waals surface area contributed by atoms with Crippen LogP contribution in [0.4, 0.5) is 9.52 Å².